The van der Waals surface area contributed by atoms with Gasteiger partial charge in [-0.2, -0.15) is 0 Å². The van der Waals surface area contributed by atoms with Crippen molar-refractivity contribution in [3.05, 3.63) is 40.9 Å². The number of hydrogen-bond acceptors (Lipinski definition) is 5. The Bertz CT molecular complexity index is 777. The molecule has 1 aliphatic carbocycles. The number of halogens is 1. The zero-order valence-electron chi connectivity index (χ0n) is 20.7. The third-order valence-electron chi connectivity index (χ3n) is 6.35. The van der Waals surface area contributed by atoms with Gasteiger partial charge in [0, 0.05) is 56.8 Å². The van der Waals surface area contributed by atoms with Gasteiger partial charge in [0.1, 0.15) is 12.0 Å². The van der Waals surface area contributed by atoms with Crippen molar-refractivity contribution in [2.45, 2.75) is 51.5 Å². The zero-order valence-corrected chi connectivity index (χ0v) is 21.4. The third kappa shape index (κ3) is 7.83. The van der Waals surface area contributed by atoms with E-state index in [4.69, 9.17) is 21.1 Å². The highest BCUT2D eigenvalue weighted by Crippen LogP contribution is 2.45. The number of likely N-dealkylation sites (tertiary alicyclic amines) is 1. The number of hydrogen-bond donors (Lipinski definition) is 0. The molecule has 33 heavy (non-hydrogen) atoms. The Hall–Kier alpha value is -1.89. The van der Waals surface area contributed by atoms with Crippen LogP contribution in [0.1, 0.15) is 50.2 Å². The van der Waals surface area contributed by atoms with Gasteiger partial charge in [-0.25, -0.2) is 0 Å². The van der Waals surface area contributed by atoms with Crippen LogP contribution in [0.5, 0.6) is 5.75 Å². The minimum absolute atomic E-state index is 0.255. The molecular formula is C26H40ClN3O3. The fourth-order valence-electron chi connectivity index (χ4n) is 4.34. The number of aryl methyl sites for hydroxylation is 1. The molecule has 2 aliphatic heterocycles. The number of nitrogens with zero attached hydrogens (tertiary/aromatic N) is 3. The molecule has 6 nitrogen and oxygen atoms in total. The minimum Gasteiger partial charge on any atom is -0.496 e. The number of likely N-dealkylation sites (N-methyl/N-ethyl adjacent to an activating group) is 1. The zero-order chi connectivity index (χ0) is 24.4. The van der Waals surface area contributed by atoms with Crippen LogP contribution in [0.2, 0.25) is 5.02 Å². The highest BCUT2D eigenvalue weighted by atomic mass is 35.5. The van der Waals surface area contributed by atoms with Gasteiger partial charge in [0.25, 0.3) is 0 Å². The highest BCUT2D eigenvalue weighted by molar-refractivity contribution is 6.31. The summed E-state index contributed by atoms with van der Waals surface area (Å²) >= 11 is 6.40. The Morgan fingerprint density at radius 2 is 1.79 bits per heavy atom. The Kier molecular flexibility index (Phi) is 11.4. The summed E-state index contributed by atoms with van der Waals surface area (Å²) < 4.78 is 5.51. The molecule has 0 unspecified atom stereocenters. The van der Waals surface area contributed by atoms with Crippen molar-refractivity contribution in [1.29, 1.82) is 0 Å². The normalized spacial score (nSPS) is 18.8. The van der Waals surface area contributed by atoms with Crippen molar-refractivity contribution >= 4 is 23.8 Å². The first-order chi connectivity index (χ1) is 16.0. The lowest BCUT2D eigenvalue weighted by atomic mass is 10.0. The first kappa shape index (κ1) is 27.4. The first-order valence-electron chi connectivity index (χ1n) is 12.1. The molecule has 0 radical (unpaired) electrons. The monoisotopic (exact) mass is 477 g/mol. The third-order valence-corrected chi connectivity index (χ3v) is 6.68. The molecule has 3 aliphatic rings. The lowest BCUT2D eigenvalue weighted by molar-refractivity contribution is -0.133. The molecule has 184 valence electrons. The molecule has 0 atom stereocenters. The van der Waals surface area contributed by atoms with Crippen molar-refractivity contribution in [2.75, 3.05) is 53.4 Å². The SMILES string of the molecule is C=CC=O.CC.COc1cc(Cl)c(C2CC2)cc1CCC(=O)N1CCN(C2CN(C)C2)CC1. The van der Waals surface area contributed by atoms with Crippen molar-refractivity contribution in [1.82, 2.24) is 14.7 Å². The van der Waals surface area contributed by atoms with E-state index >= 15 is 0 Å². The quantitative estimate of drug-likeness (QED) is 0.438. The van der Waals surface area contributed by atoms with Crippen LogP contribution in [0.4, 0.5) is 0 Å². The maximum atomic E-state index is 12.7. The number of aldehydes is 1. The largest absolute Gasteiger partial charge is 0.496 e. The van der Waals surface area contributed by atoms with E-state index in [1.807, 2.05) is 24.8 Å². The number of benzene rings is 1. The number of amides is 1. The summed E-state index contributed by atoms with van der Waals surface area (Å²) in [5.41, 5.74) is 2.33. The summed E-state index contributed by atoms with van der Waals surface area (Å²) in [6, 6.07) is 4.77. The van der Waals surface area contributed by atoms with Crippen LogP contribution in [-0.2, 0) is 16.0 Å². The van der Waals surface area contributed by atoms with E-state index in [1.54, 1.807) is 7.11 Å². The lowest BCUT2D eigenvalue weighted by Gasteiger charge is -2.47. The molecule has 0 N–H and O–H groups in total. The van der Waals surface area contributed by atoms with Crippen LogP contribution < -0.4 is 4.74 Å². The molecule has 7 heteroatoms. The van der Waals surface area contributed by atoms with E-state index < -0.39 is 0 Å². The summed E-state index contributed by atoms with van der Waals surface area (Å²) in [5.74, 6) is 1.65. The smallest absolute Gasteiger partial charge is 0.222 e. The number of piperazine rings is 1. The molecule has 3 fully saturated rings. The van der Waals surface area contributed by atoms with Crippen LogP contribution in [-0.4, -0.2) is 86.4 Å². The summed E-state index contributed by atoms with van der Waals surface area (Å²) in [6.07, 6.45) is 5.51. The first-order valence-corrected chi connectivity index (χ1v) is 12.5. The predicted octanol–water partition coefficient (Wildman–Crippen LogP) is 4.01. The van der Waals surface area contributed by atoms with E-state index in [2.05, 4.69) is 29.5 Å². The number of rotatable bonds is 7. The van der Waals surface area contributed by atoms with Crippen molar-refractivity contribution in [3.8, 4) is 5.75 Å². The summed E-state index contributed by atoms with van der Waals surface area (Å²) in [5, 5.41) is 0.794. The van der Waals surface area contributed by atoms with Crippen molar-refractivity contribution in [3.63, 3.8) is 0 Å². The van der Waals surface area contributed by atoms with E-state index in [0.717, 1.165) is 55.6 Å². The molecule has 0 bridgehead atoms. The van der Waals surface area contributed by atoms with Gasteiger partial charge in [0.05, 0.1) is 7.11 Å². The van der Waals surface area contributed by atoms with Crippen LogP contribution in [0.3, 0.4) is 0 Å². The second-order valence-electron chi connectivity index (χ2n) is 8.62. The van der Waals surface area contributed by atoms with E-state index in [-0.39, 0.29) is 5.91 Å². The molecular weight excluding hydrogens is 438 g/mol. The molecule has 0 aromatic heterocycles. The molecule has 2 heterocycles. The Morgan fingerprint density at radius 3 is 2.27 bits per heavy atom. The maximum absolute atomic E-state index is 12.7. The Labute approximate surface area is 204 Å². The average Bonchev–Trinajstić information content (AvgIpc) is 3.67. The summed E-state index contributed by atoms with van der Waals surface area (Å²) in [4.78, 5) is 28.7. The summed E-state index contributed by atoms with van der Waals surface area (Å²) in [6.45, 7) is 13.1. The molecule has 0 spiro atoms. The van der Waals surface area contributed by atoms with Crippen LogP contribution in [0.15, 0.2) is 24.8 Å². The minimum atomic E-state index is 0.255. The Morgan fingerprint density at radius 1 is 1.18 bits per heavy atom. The van der Waals surface area contributed by atoms with Gasteiger partial charge in [-0.15, -0.1) is 0 Å². The number of methoxy groups -OCH3 is 1. The lowest BCUT2D eigenvalue weighted by Crippen LogP contribution is -2.62. The second-order valence-corrected chi connectivity index (χ2v) is 9.03. The topological polar surface area (TPSA) is 53.1 Å². The van der Waals surface area contributed by atoms with E-state index in [1.165, 1.54) is 24.5 Å². The van der Waals surface area contributed by atoms with Gasteiger partial charge in [0.15, 0.2) is 0 Å². The maximum Gasteiger partial charge on any atom is 0.222 e. The molecule has 1 amide bonds. The van der Waals surface area contributed by atoms with E-state index in [0.29, 0.717) is 31.1 Å². The van der Waals surface area contributed by atoms with Crippen LogP contribution in [0, 0.1) is 0 Å². The van der Waals surface area contributed by atoms with Crippen molar-refractivity contribution < 1.29 is 14.3 Å². The fraction of sp³-hybridized carbons (Fsp3) is 0.615. The highest BCUT2D eigenvalue weighted by Gasteiger charge is 2.32. The second kappa shape index (κ2) is 13.7. The predicted molar refractivity (Wildman–Crippen MR) is 135 cm³/mol. The average molecular weight is 478 g/mol. The van der Waals surface area contributed by atoms with Crippen LogP contribution >= 0.6 is 11.6 Å². The number of carbonyl (C=O) groups is 2. The molecule has 4 rings (SSSR count). The van der Waals surface area contributed by atoms with Gasteiger partial charge in [-0.05, 0) is 55.5 Å². The number of carbonyl (C=O) groups excluding carboxylic acids is 2. The molecule has 1 aromatic rings. The van der Waals surface area contributed by atoms with E-state index in [9.17, 15) is 4.79 Å². The number of allylic oxidation sites excluding steroid dienone is 1. The van der Waals surface area contributed by atoms with Gasteiger partial charge < -0.3 is 14.5 Å². The van der Waals surface area contributed by atoms with Crippen LogP contribution in [0.25, 0.3) is 0 Å². The fourth-order valence-corrected chi connectivity index (χ4v) is 4.65. The van der Waals surface area contributed by atoms with Gasteiger partial charge in [-0.3, -0.25) is 14.5 Å². The summed E-state index contributed by atoms with van der Waals surface area (Å²) in [7, 11) is 3.83. The van der Waals surface area contributed by atoms with Gasteiger partial charge >= 0.3 is 0 Å². The molecule has 1 aromatic carbocycles. The molecule has 1 saturated carbocycles. The van der Waals surface area contributed by atoms with Crippen molar-refractivity contribution in [2.24, 2.45) is 0 Å². The van der Waals surface area contributed by atoms with Gasteiger partial charge in [-0.1, -0.05) is 38.1 Å². The molecule has 2 saturated heterocycles. The Balaban J connectivity index is 0.000000582. The number of ether oxygens (including phenoxy) is 1. The van der Waals surface area contributed by atoms with Gasteiger partial charge in [0.2, 0.25) is 5.91 Å². The standard InChI is InChI=1S/C21H30ClN3O2.C3H4O.C2H6/c1-23-13-17(14-23)24-7-9-25(10-8-24)21(26)6-5-16-11-18(15-3-4-15)19(22)12-20(16)27-2;1-2-3-4;1-2/h11-12,15,17H,3-10,13-14H2,1-2H3;2-3H,1H2;1-2H3.